The molecule has 1 aromatic heterocycles. The van der Waals surface area contributed by atoms with Gasteiger partial charge in [-0.2, -0.15) is 10.1 Å². The van der Waals surface area contributed by atoms with Crippen molar-refractivity contribution in [2.75, 3.05) is 25.5 Å². The largest absolute Gasteiger partial charge is 0.497 e. The topological polar surface area (TPSA) is 81.1 Å². The summed E-state index contributed by atoms with van der Waals surface area (Å²) in [5.41, 5.74) is 1.11. The van der Waals surface area contributed by atoms with Crippen LogP contribution in [0, 0.1) is 0 Å². The van der Waals surface area contributed by atoms with Gasteiger partial charge in [-0.3, -0.25) is 10.1 Å². The van der Waals surface area contributed by atoms with Gasteiger partial charge in [0.2, 0.25) is 11.9 Å². The number of aromatic nitrogens is 3. The predicted octanol–water partition coefficient (Wildman–Crippen LogP) is 2.42. The molecule has 1 saturated heterocycles. The molecule has 0 radical (unpaired) electrons. The van der Waals surface area contributed by atoms with Gasteiger partial charge in [-0.25, -0.2) is 4.68 Å². The second kappa shape index (κ2) is 8.31. The summed E-state index contributed by atoms with van der Waals surface area (Å²) in [4.78, 5) is 17.0. The first-order valence-electron chi connectivity index (χ1n) is 9.12. The lowest BCUT2D eigenvalue weighted by Gasteiger charge is -2.19. The molecule has 1 aliphatic heterocycles. The molecule has 7 heteroatoms. The molecule has 7 nitrogen and oxygen atoms in total. The van der Waals surface area contributed by atoms with E-state index in [2.05, 4.69) is 20.7 Å². The van der Waals surface area contributed by atoms with Gasteiger partial charge in [0.25, 0.3) is 0 Å². The number of aryl methyl sites for hydroxylation is 1. The van der Waals surface area contributed by atoms with Crippen LogP contribution in [0.25, 0.3) is 0 Å². The third-order valence-corrected chi connectivity index (χ3v) is 4.91. The summed E-state index contributed by atoms with van der Waals surface area (Å²) < 4.78 is 6.83. The van der Waals surface area contributed by atoms with Gasteiger partial charge >= 0.3 is 0 Å². The zero-order valence-electron chi connectivity index (χ0n) is 15.7. The maximum Gasteiger partial charge on any atom is 0.227 e. The van der Waals surface area contributed by atoms with Crippen LogP contribution >= 0.6 is 0 Å². The number of ether oxygens (including phenoxy) is 1. The number of methoxy groups -OCH3 is 1. The van der Waals surface area contributed by atoms with Gasteiger partial charge in [-0.15, -0.1) is 0 Å². The molecule has 0 aliphatic carbocycles. The fourth-order valence-electron chi connectivity index (χ4n) is 3.27. The summed E-state index contributed by atoms with van der Waals surface area (Å²) in [5, 5.41) is 10.7. The van der Waals surface area contributed by atoms with Crippen LogP contribution in [0.15, 0.2) is 24.3 Å². The van der Waals surface area contributed by atoms with Crippen molar-refractivity contribution in [2.45, 2.75) is 38.0 Å². The molecular formula is C19H27N5O2. The molecular weight excluding hydrogens is 330 g/mol. The van der Waals surface area contributed by atoms with Crippen molar-refractivity contribution in [1.29, 1.82) is 0 Å². The van der Waals surface area contributed by atoms with Crippen molar-refractivity contribution in [3.63, 3.8) is 0 Å². The number of hydrogen-bond acceptors (Lipinski definition) is 5. The molecule has 1 amide bonds. The van der Waals surface area contributed by atoms with Gasteiger partial charge in [0.15, 0.2) is 5.82 Å². The minimum atomic E-state index is -0.0549. The highest BCUT2D eigenvalue weighted by Gasteiger charge is 2.21. The summed E-state index contributed by atoms with van der Waals surface area (Å²) in [7, 11) is 3.46. The number of rotatable bonds is 6. The Morgan fingerprint density at radius 3 is 2.69 bits per heavy atom. The van der Waals surface area contributed by atoms with Gasteiger partial charge in [-0.1, -0.05) is 19.1 Å². The molecule has 3 rings (SSSR count). The molecule has 1 atom stereocenters. The van der Waals surface area contributed by atoms with E-state index in [4.69, 9.17) is 4.74 Å². The summed E-state index contributed by atoms with van der Waals surface area (Å²) >= 11 is 0. The highest BCUT2D eigenvalue weighted by Crippen LogP contribution is 2.24. The van der Waals surface area contributed by atoms with E-state index in [1.807, 2.05) is 38.2 Å². The Labute approximate surface area is 154 Å². The van der Waals surface area contributed by atoms with Crippen LogP contribution in [0.3, 0.4) is 0 Å². The van der Waals surface area contributed by atoms with E-state index in [1.54, 1.807) is 11.8 Å². The van der Waals surface area contributed by atoms with Crippen LogP contribution in [-0.2, 0) is 11.8 Å². The van der Waals surface area contributed by atoms with Gasteiger partial charge in [0, 0.05) is 19.4 Å². The molecule has 1 aliphatic rings. The first-order valence-corrected chi connectivity index (χ1v) is 9.12. The summed E-state index contributed by atoms with van der Waals surface area (Å²) in [6, 6.07) is 7.82. The Balaban J connectivity index is 1.59. The average molecular weight is 357 g/mol. The number of anilines is 1. The number of benzene rings is 1. The smallest absolute Gasteiger partial charge is 0.227 e. The van der Waals surface area contributed by atoms with Crippen molar-refractivity contribution in [3.05, 3.63) is 35.7 Å². The van der Waals surface area contributed by atoms with Gasteiger partial charge in [0.1, 0.15) is 5.75 Å². The van der Waals surface area contributed by atoms with E-state index in [9.17, 15) is 4.79 Å². The molecule has 26 heavy (non-hydrogen) atoms. The third kappa shape index (κ3) is 4.40. The Morgan fingerprint density at radius 2 is 2.04 bits per heavy atom. The minimum absolute atomic E-state index is 0.0549. The zero-order chi connectivity index (χ0) is 18.5. The van der Waals surface area contributed by atoms with Crippen LogP contribution in [-0.4, -0.2) is 40.9 Å². The second-order valence-electron chi connectivity index (χ2n) is 6.87. The van der Waals surface area contributed by atoms with Crippen LogP contribution in [0.2, 0.25) is 0 Å². The van der Waals surface area contributed by atoms with E-state index in [0.717, 1.165) is 43.1 Å². The number of carbonyl (C=O) groups excluding carboxylic acids is 1. The molecule has 140 valence electrons. The molecule has 2 aromatic rings. The number of nitrogens with zero attached hydrogens (tertiary/aromatic N) is 3. The lowest BCUT2D eigenvalue weighted by molar-refractivity contribution is -0.116. The zero-order valence-corrected chi connectivity index (χ0v) is 15.7. The van der Waals surface area contributed by atoms with E-state index < -0.39 is 0 Å². The van der Waals surface area contributed by atoms with Gasteiger partial charge < -0.3 is 10.1 Å². The Kier molecular flexibility index (Phi) is 5.88. The molecule has 0 saturated carbocycles. The van der Waals surface area contributed by atoms with Crippen molar-refractivity contribution >= 4 is 11.9 Å². The van der Waals surface area contributed by atoms with Crippen molar-refractivity contribution in [3.8, 4) is 5.75 Å². The lowest BCUT2D eigenvalue weighted by Crippen LogP contribution is -2.27. The fourth-order valence-corrected chi connectivity index (χ4v) is 3.27. The quantitative estimate of drug-likeness (QED) is 0.830. The molecule has 1 fully saturated rings. The first-order chi connectivity index (χ1) is 12.6. The molecule has 1 aromatic carbocycles. The maximum atomic E-state index is 12.4. The Hall–Kier alpha value is -2.41. The standard InChI is InChI=1S/C19H27N5O2/c1-13(14-4-6-16(26-3)7-5-14)12-17(25)21-19-22-18(23-24(19)2)15-8-10-20-11-9-15/h4-7,13,15,20H,8-12H2,1-3H3,(H,21,22,23,25). The SMILES string of the molecule is COc1ccc(C(C)CC(=O)Nc2nc(C3CCNCC3)nn2C)cc1. The number of hydrogen-bond donors (Lipinski definition) is 2. The Bertz CT molecular complexity index is 735. The van der Waals surface area contributed by atoms with Gasteiger partial charge in [0.05, 0.1) is 7.11 Å². The number of nitrogens with one attached hydrogen (secondary N) is 2. The number of amides is 1. The molecule has 2 N–H and O–H groups in total. The third-order valence-electron chi connectivity index (χ3n) is 4.91. The second-order valence-corrected chi connectivity index (χ2v) is 6.87. The molecule has 1 unspecified atom stereocenters. The van der Waals surface area contributed by atoms with Gasteiger partial charge in [-0.05, 0) is 49.5 Å². The minimum Gasteiger partial charge on any atom is -0.497 e. The highest BCUT2D eigenvalue weighted by atomic mass is 16.5. The number of carbonyl (C=O) groups is 1. The van der Waals surface area contributed by atoms with Crippen molar-refractivity contribution in [1.82, 2.24) is 20.1 Å². The van der Waals surface area contributed by atoms with Crippen LogP contribution in [0.5, 0.6) is 5.75 Å². The fraction of sp³-hybridized carbons (Fsp3) is 0.526. The normalized spacial score (nSPS) is 16.3. The Morgan fingerprint density at radius 1 is 1.35 bits per heavy atom. The van der Waals surface area contributed by atoms with E-state index >= 15 is 0 Å². The van der Waals surface area contributed by atoms with E-state index in [-0.39, 0.29) is 11.8 Å². The van der Waals surface area contributed by atoms with Crippen molar-refractivity contribution in [2.24, 2.45) is 7.05 Å². The van der Waals surface area contributed by atoms with E-state index in [1.165, 1.54) is 0 Å². The summed E-state index contributed by atoms with van der Waals surface area (Å²) in [6.07, 6.45) is 2.46. The molecule has 0 bridgehead atoms. The molecule has 0 spiro atoms. The predicted molar refractivity (Wildman–Crippen MR) is 101 cm³/mol. The van der Waals surface area contributed by atoms with Crippen LogP contribution < -0.4 is 15.4 Å². The highest BCUT2D eigenvalue weighted by molar-refractivity contribution is 5.89. The monoisotopic (exact) mass is 357 g/mol. The van der Waals surface area contributed by atoms with Crippen molar-refractivity contribution < 1.29 is 9.53 Å². The van der Waals surface area contributed by atoms with E-state index in [0.29, 0.717) is 18.3 Å². The molecule has 2 heterocycles. The number of piperidine rings is 1. The van der Waals surface area contributed by atoms with Crippen LogP contribution in [0.4, 0.5) is 5.95 Å². The maximum absolute atomic E-state index is 12.4. The summed E-state index contributed by atoms with van der Waals surface area (Å²) in [5.74, 6) is 2.58. The first kappa shape index (κ1) is 18.4. The average Bonchev–Trinajstić information content (AvgIpc) is 3.03. The summed E-state index contributed by atoms with van der Waals surface area (Å²) in [6.45, 7) is 4.02. The van der Waals surface area contributed by atoms with Crippen LogP contribution in [0.1, 0.15) is 49.4 Å². The lowest BCUT2D eigenvalue weighted by atomic mass is 9.97.